The minimum Gasteiger partial charge on any atom is -0.345 e. The lowest BCUT2D eigenvalue weighted by Crippen LogP contribution is -1.93. The predicted octanol–water partition coefficient (Wildman–Crippen LogP) is 5.34. The molecule has 5 heteroatoms. The molecule has 0 amide bonds. The summed E-state index contributed by atoms with van der Waals surface area (Å²) in [7, 11) is 0. The highest BCUT2D eigenvalue weighted by Crippen LogP contribution is 2.28. The van der Waals surface area contributed by atoms with E-state index in [4.69, 9.17) is 23.2 Å². The summed E-state index contributed by atoms with van der Waals surface area (Å²) in [6.45, 7) is 2.03. The van der Waals surface area contributed by atoms with E-state index in [-0.39, 0.29) is 0 Å². The van der Waals surface area contributed by atoms with Crippen LogP contribution in [0.4, 0.5) is 0 Å². The summed E-state index contributed by atoms with van der Waals surface area (Å²) in [6, 6.07) is 7.61. The molecule has 0 radical (unpaired) electrons. The fraction of sp³-hybridized carbons (Fsp3) is 0.133. The Morgan fingerprint density at radius 1 is 1.20 bits per heavy atom. The van der Waals surface area contributed by atoms with Gasteiger partial charge in [-0.2, -0.15) is 11.3 Å². The standard InChI is InChI=1S/C15H12Cl2N2S/c1-9-15(10-5-6-20-8-10)19-14(18-9)7-11-12(16)3-2-4-13(11)17/h2-6,8H,7H2,1H3,(H,18,19). The summed E-state index contributed by atoms with van der Waals surface area (Å²) in [6.07, 6.45) is 0.601. The second-order valence-corrected chi connectivity index (χ2v) is 6.14. The van der Waals surface area contributed by atoms with Gasteiger partial charge >= 0.3 is 0 Å². The van der Waals surface area contributed by atoms with Crippen LogP contribution in [0.25, 0.3) is 11.3 Å². The number of imidazole rings is 1. The number of thiophene rings is 1. The van der Waals surface area contributed by atoms with E-state index in [0.717, 1.165) is 28.3 Å². The van der Waals surface area contributed by atoms with E-state index < -0.39 is 0 Å². The molecule has 0 aliphatic carbocycles. The Bertz CT molecular complexity index is 712. The summed E-state index contributed by atoms with van der Waals surface area (Å²) in [4.78, 5) is 7.98. The number of aromatic amines is 1. The third-order valence-electron chi connectivity index (χ3n) is 3.13. The fourth-order valence-corrected chi connectivity index (χ4v) is 3.33. The number of nitrogens with one attached hydrogen (secondary N) is 1. The molecule has 0 aliphatic rings. The smallest absolute Gasteiger partial charge is 0.111 e. The first-order valence-electron chi connectivity index (χ1n) is 6.16. The Morgan fingerprint density at radius 2 is 1.95 bits per heavy atom. The quantitative estimate of drug-likeness (QED) is 0.692. The van der Waals surface area contributed by atoms with Gasteiger partial charge in [-0.25, -0.2) is 4.98 Å². The third-order valence-corrected chi connectivity index (χ3v) is 4.53. The number of aromatic nitrogens is 2. The molecular weight excluding hydrogens is 311 g/mol. The number of H-pyrrole nitrogens is 1. The molecule has 0 fully saturated rings. The second-order valence-electron chi connectivity index (χ2n) is 4.55. The van der Waals surface area contributed by atoms with E-state index in [0.29, 0.717) is 16.5 Å². The molecule has 0 aliphatic heterocycles. The van der Waals surface area contributed by atoms with E-state index in [1.807, 2.05) is 30.5 Å². The number of aryl methyl sites for hydroxylation is 1. The van der Waals surface area contributed by atoms with Crippen LogP contribution < -0.4 is 0 Å². The Balaban J connectivity index is 1.95. The van der Waals surface area contributed by atoms with Gasteiger partial charge in [0.1, 0.15) is 5.82 Å². The summed E-state index contributed by atoms with van der Waals surface area (Å²) in [5.74, 6) is 0.874. The van der Waals surface area contributed by atoms with Gasteiger partial charge in [0.05, 0.1) is 5.69 Å². The van der Waals surface area contributed by atoms with Crippen molar-refractivity contribution in [3.63, 3.8) is 0 Å². The third kappa shape index (κ3) is 2.62. The van der Waals surface area contributed by atoms with Crippen LogP contribution >= 0.6 is 34.5 Å². The first-order valence-corrected chi connectivity index (χ1v) is 7.86. The minimum atomic E-state index is 0.601. The van der Waals surface area contributed by atoms with Gasteiger partial charge in [0.25, 0.3) is 0 Å². The van der Waals surface area contributed by atoms with Gasteiger partial charge in [0.15, 0.2) is 0 Å². The molecule has 102 valence electrons. The zero-order chi connectivity index (χ0) is 14.1. The van der Waals surface area contributed by atoms with Gasteiger partial charge in [-0.3, -0.25) is 0 Å². The van der Waals surface area contributed by atoms with Crippen molar-refractivity contribution in [3.8, 4) is 11.3 Å². The predicted molar refractivity (Wildman–Crippen MR) is 85.9 cm³/mol. The number of hydrogen-bond acceptors (Lipinski definition) is 2. The molecule has 20 heavy (non-hydrogen) atoms. The molecule has 1 aromatic carbocycles. The lowest BCUT2D eigenvalue weighted by molar-refractivity contribution is 1.02. The number of rotatable bonds is 3. The molecule has 2 heterocycles. The maximum absolute atomic E-state index is 6.20. The maximum Gasteiger partial charge on any atom is 0.111 e. The number of hydrogen-bond donors (Lipinski definition) is 1. The van der Waals surface area contributed by atoms with E-state index >= 15 is 0 Å². The topological polar surface area (TPSA) is 28.7 Å². The minimum absolute atomic E-state index is 0.601. The van der Waals surface area contributed by atoms with Crippen molar-refractivity contribution < 1.29 is 0 Å². The molecule has 1 N–H and O–H groups in total. The zero-order valence-corrected chi connectivity index (χ0v) is 13.1. The highest BCUT2D eigenvalue weighted by molar-refractivity contribution is 7.08. The average Bonchev–Trinajstić information content (AvgIpc) is 3.03. The molecule has 3 rings (SSSR count). The van der Waals surface area contributed by atoms with E-state index in [1.54, 1.807) is 11.3 Å². The fourth-order valence-electron chi connectivity index (χ4n) is 2.16. The Morgan fingerprint density at radius 3 is 2.60 bits per heavy atom. The normalized spacial score (nSPS) is 10.9. The molecule has 2 aromatic heterocycles. The molecule has 0 unspecified atom stereocenters. The van der Waals surface area contributed by atoms with Crippen molar-refractivity contribution in [1.29, 1.82) is 0 Å². The molecule has 0 saturated carbocycles. The highest BCUT2D eigenvalue weighted by atomic mass is 35.5. The summed E-state index contributed by atoms with van der Waals surface area (Å²) in [5.41, 5.74) is 4.09. The SMILES string of the molecule is Cc1[nH]c(Cc2c(Cl)cccc2Cl)nc1-c1ccsc1. The largest absolute Gasteiger partial charge is 0.345 e. The number of halogens is 2. The highest BCUT2D eigenvalue weighted by Gasteiger charge is 2.12. The van der Waals surface area contributed by atoms with E-state index in [9.17, 15) is 0 Å². The molecular formula is C15H12Cl2N2S. The van der Waals surface area contributed by atoms with Gasteiger partial charge in [-0.1, -0.05) is 29.3 Å². The van der Waals surface area contributed by atoms with Crippen molar-refractivity contribution in [1.82, 2.24) is 9.97 Å². The number of nitrogens with zero attached hydrogens (tertiary/aromatic N) is 1. The first-order chi connectivity index (χ1) is 9.65. The van der Waals surface area contributed by atoms with Gasteiger partial charge in [0, 0.05) is 33.1 Å². The van der Waals surface area contributed by atoms with Crippen LogP contribution in [0.3, 0.4) is 0 Å². The lowest BCUT2D eigenvalue weighted by Gasteiger charge is -2.04. The van der Waals surface area contributed by atoms with Gasteiger partial charge in [0.2, 0.25) is 0 Å². The van der Waals surface area contributed by atoms with Gasteiger partial charge < -0.3 is 4.98 Å². The monoisotopic (exact) mass is 322 g/mol. The first kappa shape index (κ1) is 13.7. The van der Waals surface area contributed by atoms with Crippen molar-refractivity contribution in [2.45, 2.75) is 13.3 Å². The summed E-state index contributed by atoms with van der Waals surface area (Å²) in [5, 5.41) is 5.48. The van der Waals surface area contributed by atoms with Crippen molar-refractivity contribution in [2.75, 3.05) is 0 Å². The van der Waals surface area contributed by atoms with Crippen LogP contribution in [-0.4, -0.2) is 9.97 Å². The lowest BCUT2D eigenvalue weighted by atomic mass is 10.1. The van der Waals surface area contributed by atoms with Crippen molar-refractivity contribution in [3.05, 3.63) is 62.2 Å². The average molecular weight is 323 g/mol. The van der Waals surface area contributed by atoms with Crippen LogP contribution in [0, 0.1) is 6.92 Å². The molecule has 2 nitrogen and oxygen atoms in total. The second kappa shape index (κ2) is 5.60. The number of benzene rings is 1. The molecule has 0 spiro atoms. The van der Waals surface area contributed by atoms with E-state index in [2.05, 4.69) is 21.4 Å². The zero-order valence-electron chi connectivity index (χ0n) is 10.8. The Hall–Kier alpha value is -1.29. The van der Waals surface area contributed by atoms with E-state index in [1.165, 1.54) is 0 Å². The molecule has 3 aromatic rings. The van der Waals surface area contributed by atoms with Gasteiger partial charge in [-0.15, -0.1) is 0 Å². The Kier molecular flexibility index (Phi) is 3.83. The van der Waals surface area contributed by atoms with Crippen LogP contribution in [-0.2, 0) is 6.42 Å². The van der Waals surface area contributed by atoms with Crippen molar-refractivity contribution in [2.24, 2.45) is 0 Å². The maximum atomic E-state index is 6.20. The molecule has 0 atom stereocenters. The van der Waals surface area contributed by atoms with Crippen LogP contribution in [0.2, 0.25) is 10.0 Å². The molecule has 0 bridgehead atoms. The van der Waals surface area contributed by atoms with Crippen molar-refractivity contribution >= 4 is 34.5 Å². The summed E-state index contributed by atoms with van der Waals surface area (Å²) >= 11 is 14.1. The molecule has 0 saturated heterocycles. The van der Waals surface area contributed by atoms with Gasteiger partial charge in [-0.05, 0) is 36.1 Å². The van der Waals surface area contributed by atoms with Crippen LogP contribution in [0.5, 0.6) is 0 Å². The Labute approximate surface area is 131 Å². The summed E-state index contributed by atoms with van der Waals surface area (Å²) < 4.78 is 0. The van der Waals surface area contributed by atoms with Crippen LogP contribution in [0.15, 0.2) is 35.0 Å². The van der Waals surface area contributed by atoms with Crippen LogP contribution in [0.1, 0.15) is 17.1 Å².